The van der Waals surface area contributed by atoms with Gasteiger partial charge in [0.05, 0.1) is 0 Å². The van der Waals surface area contributed by atoms with E-state index < -0.39 is 6.36 Å². The smallest absolute Gasteiger partial charge is 0.406 e. The summed E-state index contributed by atoms with van der Waals surface area (Å²) >= 11 is 0. The van der Waals surface area contributed by atoms with Crippen molar-refractivity contribution in [1.82, 2.24) is 20.4 Å². The fourth-order valence-corrected chi connectivity index (χ4v) is 4.40. The van der Waals surface area contributed by atoms with Gasteiger partial charge in [0.1, 0.15) is 11.4 Å². The maximum absolute atomic E-state index is 12.4. The monoisotopic (exact) mass is 499 g/mol. The lowest BCUT2D eigenvalue weighted by Gasteiger charge is -2.31. The van der Waals surface area contributed by atoms with Crippen molar-refractivity contribution in [1.29, 1.82) is 0 Å². The first-order chi connectivity index (χ1) is 17.3. The standard InChI is InChI=1S/C25H24F3N5O3/c26-25(27,28)35-19-7-5-16(6-8-19)17-10-13-33(14-11-17)24-31-22(36-32-24)9-12-29-23(34)21-15-18-3-1-2-4-20(18)30-21/h1-8,15,17,30H,9-14H2,(H,29,34). The second-order valence-corrected chi connectivity index (χ2v) is 8.64. The number of H-pyrrole nitrogens is 1. The van der Waals surface area contributed by atoms with Crippen molar-refractivity contribution in [2.24, 2.45) is 0 Å². The van der Waals surface area contributed by atoms with E-state index in [9.17, 15) is 18.0 Å². The van der Waals surface area contributed by atoms with Crippen LogP contribution in [-0.2, 0) is 6.42 Å². The summed E-state index contributed by atoms with van der Waals surface area (Å²) in [5.41, 5.74) is 2.37. The molecule has 2 aromatic carbocycles. The van der Waals surface area contributed by atoms with E-state index in [1.165, 1.54) is 12.1 Å². The molecule has 0 bridgehead atoms. The Kier molecular flexibility index (Phi) is 6.53. The third kappa shape index (κ3) is 5.61. The van der Waals surface area contributed by atoms with Gasteiger partial charge in [-0.2, -0.15) is 4.98 Å². The number of aromatic amines is 1. The van der Waals surface area contributed by atoms with Gasteiger partial charge in [-0.05, 0) is 53.7 Å². The maximum Gasteiger partial charge on any atom is 0.573 e. The van der Waals surface area contributed by atoms with E-state index in [0.717, 1.165) is 29.3 Å². The number of ether oxygens (including phenoxy) is 1. The number of piperidine rings is 1. The number of fused-ring (bicyclic) bond motifs is 1. The highest BCUT2D eigenvalue weighted by molar-refractivity contribution is 5.97. The lowest BCUT2D eigenvalue weighted by molar-refractivity contribution is -0.274. The Bertz CT molecular complexity index is 1290. The van der Waals surface area contributed by atoms with Gasteiger partial charge in [-0.1, -0.05) is 30.3 Å². The van der Waals surface area contributed by atoms with Gasteiger partial charge >= 0.3 is 6.36 Å². The molecule has 8 nitrogen and oxygen atoms in total. The Morgan fingerprint density at radius 1 is 1.14 bits per heavy atom. The van der Waals surface area contributed by atoms with Crippen molar-refractivity contribution in [2.45, 2.75) is 31.5 Å². The quantitative estimate of drug-likeness (QED) is 0.379. The van der Waals surface area contributed by atoms with E-state index in [1.807, 2.05) is 35.2 Å². The molecule has 0 radical (unpaired) electrons. The molecule has 0 saturated carbocycles. The third-order valence-corrected chi connectivity index (χ3v) is 6.22. The maximum atomic E-state index is 12.4. The molecule has 1 aliphatic rings. The number of hydrogen-bond donors (Lipinski definition) is 2. The van der Waals surface area contributed by atoms with Crippen molar-refractivity contribution in [3.8, 4) is 5.75 Å². The van der Waals surface area contributed by atoms with Gasteiger partial charge in [0.15, 0.2) is 0 Å². The summed E-state index contributed by atoms with van der Waals surface area (Å²) in [7, 11) is 0. The molecule has 36 heavy (non-hydrogen) atoms. The predicted octanol–water partition coefficient (Wildman–Crippen LogP) is 4.81. The fourth-order valence-electron chi connectivity index (χ4n) is 4.40. The molecule has 0 atom stereocenters. The van der Waals surface area contributed by atoms with E-state index in [0.29, 0.717) is 43.6 Å². The summed E-state index contributed by atoms with van der Waals surface area (Å²) < 4.78 is 46.3. The average molecular weight is 499 g/mol. The first-order valence-corrected chi connectivity index (χ1v) is 11.6. The lowest BCUT2D eigenvalue weighted by atomic mass is 9.89. The molecule has 1 saturated heterocycles. The Morgan fingerprint density at radius 2 is 1.89 bits per heavy atom. The molecule has 4 aromatic rings. The number of hydrogen-bond acceptors (Lipinski definition) is 6. The van der Waals surface area contributed by atoms with Crippen molar-refractivity contribution >= 4 is 22.8 Å². The van der Waals surface area contributed by atoms with Gasteiger partial charge < -0.3 is 24.5 Å². The highest BCUT2D eigenvalue weighted by atomic mass is 19.4. The Hall–Kier alpha value is -4.02. The number of carbonyl (C=O) groups is 1. The summed E-state index contributed by atoms with van der Waals surface area (Å²) in [5.74, 6) is 0.739. The number of amides is 1. The Balaban J connectivity index is 1.09. The van der Waals surface area contributed by atoms with Crippen LogP contribution in [0.4, 0.5) is 19.1 Å². The van der Waals surface area contributed by atoms with Crippen LogP contribution in [0.15, 0.2) is 59.1 Å². The summed E-state index contributed by atoms with van der Waals surface area (Å²) in [4.78, 5) is 22.0. The molecule has 0 spiro atoms. The van der Waals surface area contributed by atoms with Crippen LogP contribution in [0.2, 0.25) is 0 Å². The van der Waals surface area contributed by atoms with E-state index in [2.05, 4.69) is 25.2 Å². The molecule has 2 aromatic heterocycles. The van der Waals surface area contributed by atoms with E-state index >= 15 is 0 Å². The van der Waals surface area contributed by atoms with Crippen LogP contribution in [0.3, 0.4) is 0 Å². The molecule has 0 unspecified atom stereocenters. The van der Waals surface area contributed by atoms with Crippen LogP contribution in [0.1, 0.15) is 40.7 Å². The molecule has 1 fully saturated rings. The molecule has 2 N–H and O–H groups in total. The second kappa shape index (κ2) is 9.92. The Morgan fingerprint density at radius 3 is 2.61 bits per heavy atom. The molecule has 1 aliphatic heterocycles. The third-order valence-electron chi connectivity index (χ3n) is 6.22. The number of nitrogens with one attached hydrogen (secondary N) is 2. The van der Waals surface area contributed by atoms with Crippen molar-refractivity contribution < 1.29 is 27.2 Å². The van der Waals surface area contributed by atoms with Gasteiger partial charge in [-0.15, -0.1) is 13.2 Å². The number of halogens is 3. The second-order valence-electron chi connectivity index (χ2n) is 8.64. The topological polar surface area (TPSA) is 96.3 Å². The first kappa shape index (κ1) is 23.7. The van der Waals surface area contributed by atoms with Crippen LogP contribution >= 0.6 is 0 Å². The van der Waals surface area contributed by atoms with Gasteiger partial charge in [0.2, 0.25) is 5.89 Å². The minimum atomic E-state index is -4.70. The number of rotatable bonds is 7. The first-order valence-electron chi connectivity index (χ1n) is 11.6. The van der Waals surface area contributed by atoms with E-state index in [-0.39, 0.29) is 17.6 Å². The number of nitrogens with zero attached hydrogens (tertiary/aromatic N) is 3. The number of anilines is 1. The summed E-state index contributed by atoms with van der Waals surface area (Å²) in [6.07, 6.45) is -2.67. The van der Waals surface area contributed by atoms with Gasteiger partial charge in [-0.25, -0.2) is 0 Å². The summed E-state index contributed by atoms with van der Waals surface area (Å²) in [6, 6.07) is 15.5. The molecule has 0 aliphatic carbocycles. The van der Waals surface area contributed by atoms with E-state index in [4.69, 9.17) is 4.52 Å². The molecule has 11 heteroatoms. The molecule has 3 heterocycles. The number of aromatic nitrogens is 3. The van der Waals surface area contributed by atoms with Crippen LogP contribution < -0.4 is 15.0 Å². The fraction of sp³-hybridized carbons (Fsp3) is 0.320. The van der Waals surface area contributed by atoms with Crippen molar-refractivity contribution in [3.63, 3.8) is 0 Å². The van der Waals surface area contributed by atoms with Crippen LogP contribution in [0.5, 0.6) is 5.75 Å². The SMILES string of the molecule is O=C(NCCc1nc(N2CCC(c3ccc(OC(F)(F)F)cc3)CC2)no1)c1cc2ccccc2[nH]1. The lowest BCUT2D eigenvalue weighted by Crippen LogP contribution is -2.33. The zero-order valence-electron chi connectivity index (χ0n) is 19.2. The number of para-hydroxylation sites is 1. The molecule has 188 valence electrons. The largest absolute Gasteiger partial charge is 0.573 e. The summed E-state index contributed by atoms with van der Waals surface area (Å²) in [6.45, 7) is 1.75. The minimum Gasteiger partial charge on any atom is -0.406 e. The van der Waals surface area contributed by atoms with Gasteiger partial charge in [-0.3, -0.25) is 4.79 Å². The summed E-state index contributed by atoms with van der Waals surface area (Å²) in [5, 5.41) is 7.89. The van der Waals surface area contributed by atoms with Crippen LogP contribution in [0.25, 0.3) is 10.9 Å². The molecular weight excluding hydrogens is 475 g/mol. The predicted molar refractivity (Wildman–Crippen MR) is 126 cm³/mol. The molecule has 5 rings (SSSR count). The van der Waals surface area contributed by atoms with Crippen LogP contribution in [-0.4, -0.2) is 47.0 Å². The van der Waals surface area contributed by atoms with E-state index in [1.54, 1.807) is 12.1 Å². The van der Waals surface area contributed by atoms with Gasteiger partial charge in [0.25, 0.3) is 11.9 Å². The number of carbonyl (C=O) groups excluding carboxylic acids is 1. The zero-order chi connectivity index (χ0) is 25.1. The van der Waals surface area contributed by atoms with Crippen molar-refractivity contribution in [2.75, 3.05) is 24.5 Å². The number of benzene rings is 2. The van der Waals surface area contributed by atoms with Crippen LogP contribution in [0, 0.1) is 0 Å². The average Bonchev–Trinajstić information content (AvgIpc) is 3.51. The van der Waals surface area contributed by atoms with Crippen molar-refractivity contribution in [3.05, 3.63) is 71.7 Å². The highest BCUT2D eigenvalue weighted by Crippen LogP contribution is 2.31. The van der Waals surface area contributed by atoms with Gasteiger partial charge in [0, 0.05) is 37.0 Å². The number of alkyl halides is 3. The Labute approximate surface area is 204 Å². The normalized spacial score (nSPS) is 14.8. The highest BCUT2D eigenvalue weighted by Gasteiger charge is 2.31. The zero-order valence-corrected chi connectivity index (χ0v) is 19.2. The minimum absolute atomic E-state index is 0.203. The molecular formula is C25H24F3N5O3. The molecule has 1 amide bonds.